The van der Waals surface area contributed by atoms with Crippen molar-refractivity contribution < 1.29 is 4.79 Å². The molecule has 0 aromatic carbocycles. The van der Waals surface area contributed by atoms with Crippen molar-refractivity contribution in [3.63, 3.8) is 0 Å². The van der Waals surface area contributed by atoms with E-state index >= 15 is 0 Å². The topological polar surface area (TPSA) is 49.6 Å². The Morgan fingerprint density at radius 3 is 2.80 bits per heavy atom. The molecule has 1 saturated heterocycles. The van der Waals surface area contributed by atoms with Gasteiger partial charge in [0, 0.05) is 19.1 Å². The molecule has 1 heterocycles. The van der Waals surface area contributed by atoms with E-state index in [1.54, 1.807) is 6.92 Å². The third kappa shape index (κ3) is 3.18. The number of likely N-dealkylation sites (tertiary alicyclic amines) is 1. The van der Waals surface area contributed by atoms with E-state index in [1.807, 2.05) is 11.8 Å². The minimum Gasteiger partial charge on any atom is -0.337 e. The SMILES string of the molecule is CCN(C(=O)[C@H](C)N)[C@@H]1CCCN(C)C1. The first-order chi connectivity index (χ1) is 7.06. The van der Waals surface area contributed by atoms with Gasteiger partial charge in [0.05, 0.1) is 6.04 Å². The molecule has 1 aliphatic heterocycles. The zero-order chi connectivity index (χ0) is 11.4. The standard InChI is InChI=1S/C11H23N3O/c1-4-14(11(15)9(2)12)10-6-5-7-13(3)8-10/h9-10H,4-8,12H2,1-3H3/t9-,10+/m0/s1. The maximum absolute atomic E-state index is 11.9. The van der Waals surface area contributed by atoms with Gasteiger partial charge < -0.3 is 15.5 Å². The van der Waals surface area contributed by atoms with Gasteiger partial charge in [0.2, 0.25) is 5.91 Å². The van der Waals surface area contributed by atoms with E-state index in [2.05, 4.69) is 11.9 Å². The van der Waals surface area contributed by atoms with E-state index in [0.717, 1.165) is 26.1 Å². The highest BCUT2D eigenvalue weighted by Gasteiger charge is 2.27. The van der Waals surface area contributed by atoms with Crippen molar-refractivity contribution in [2.24, 2.45) is 5.73 Å². The molecule has 1 rings (SSSR count). The second-order valence-corrected chi connectivity index (χ2v) is 4.47. The molecule has 1 amide bonds. The average molecular weight is 213 g/mol. The van der Waals surface area contributed by atoms with Crippen LogP contribution in [-0.4, -0.2) is 54.5 Å². The highest BCUT2D eigenvalue weighted by atomic mass is 16.2. The van der Waals surface area contributed by atoms with Crippen molar-refractivity contribution in [1.29, 1.82) is 0 Å². The predicted molar refractivity (Wildman–Crippen MR) is 61.6 cm³/mol. The monoisotopic (exact) mass is 213 g/mol. The molecule has 0 bridgehead atoms. The molecular weight excluding hydrogens is 190 g/mol. The number of carbonyl (C=O) groups excluding carboxylic acids is 1. The van der Waals surface area contributed by atoms with Crippen LogP contribution in [0.3, 0.4) is 0 Å². The molecule has 88 valence electrons. The van der Waals surface area contributed by atoms with Crippen molar-refractivity contribution in [2.45, 2.75) is 38.8 Å². The van der Waals surface area contributed by atoms with Gasteiger partial charge in [-0.2, -0.15) is 0 Å². The van der Waals surface area contributed by atoms with E-state index in [1.165, 1.54) is 6.42 Å². The van der Waals surface area contributed by atoms with Gasteiger partial charge in [-0.1, -0.05) is 0 Å². The molecule has 15 heavy (non-hydrogen) atoms. The Morgan fingerprint density at radius 2 is 2.33 bits per heavy atom. The zero-order valence-electron chi connectivity index (χ0n) is 10.1. The number of piperidine rings is 1. The third-order valence-electron chi connectivity index (χ3n) is 3.05. The summed E-state index contributed by atoms with van der Waals surface area (Å²) in [6.45, 7) is 6.66. The number of likely N-dealkylation sites (N-methyl/N-ethyl adjacent to an activating group) is 2. The number of amides is 1. The van der Waals surface area contributed by atoms with E-state index in [-0.39, 0.29) is 11.9 Å². The second kappa shape index (κ2) is 5.47. The van der Waals surface area contributed by atoms with Crippen molar-refractivity contribution in [2.75, 3.05) is 26.7 Å². The van der Waals surface area contributed by atoms with Crippen LogP contribution in [0.1, 0.15) is 26.7 Å². The quantitative estimate of drug-likeness (QED) is 0.732. The molecule has 0 aliphatic carbocycles. The van der Waals surface area contributed by atoms with Gasteiger partial charge in [0.15, 0.2) is 0 Å². The fraction of sp³-hybridized carbons (Fsp3) is 0.909. The molecule has 0 aromatic rings. The van der Waals surface area contributed by atoms with Gasteiger partial charge in [-0.3, -0.25) is 4.79 Å². The van der Waals surface area contributed by atoms with E-state index in [9.17, 15) is 4.79 Å². The number of rotatable bonds is 3. The summed E-state index contributed by atoms with van der Waals surface area (Å²) >= 11 is 0. The normalized spacial score (nSPS) is 24.9. The molecule has 0 radical (unpaired) electrons. The number of carbonyl (C=O) groups is 1. The molecule has 0 spiro atoms. The Morgan fingerprint density at radius 1 is 1.67 bits per heavy atom. The van der Waals surface area contributed by atoms with Gasteiger partial charge in [-0.05, 0) is 40.3 Å². The summed E-state index contributed by atoms with van der Waals surface area (Å²) in [6.07, 6.45) is 2.28. The molecule has 4 heteroatoms. The van der Waals surface area contributed by atoms with Crippen LogP contribution < -0.4 is 5.73 Å². The maximum atomic E-state index is 11.9. The van der Waals surface area contributed by atoms with Crippen molar-refractivity contribution in [1.82, 2.24) is 9.80 Å². The van der Waals surface area contributed by atoms with Gasteiger partial charge in [0.25, 0.3) is 0 Å². The van der Waals surface area contributed by atoms with Crippen LogP contribution in [0.15, 0.2) is 0 Å². The fourth-order valence-electron chi connectivity index (χ4n) is 2.25. The van der Waals surface area contributed by atoms with Crippen molar-refractivity contribution in [3.05, 3.63) is 0 Å². The lowest BCUT2D eigenvalue weighted by Crippen LogP contribution is -2.52. The molecule has 4 nitrogen and oxygen atoms in total. The largest absolute Gasteiger partial charge is 0.337 e. The lowest BCUT2D eigenvalue weighted by Gasteiger charge is -2.38. The molecule has 2 N–H and O–H groups in total. The average Bonchev–Trinajstić information content (AvgIpc) is 2.18. The molecule has 0 saturated carbocycles. The summed E-state index contributed by atoms with van der Waals surface area (Å²) in [5, 5.41) is 0. The maximum Gasteiger partial charge on any atom is 0.239 e. The van der Waals surface area contributed by atoms with Gasteiger partial charge in [0.1, 0.15) is 0 Å². The van der Waals surface area contributed by atoms with Crippen LogP contribution >= 0.6 is 0 Å². The van der Waals surface area contributed by atoms with Crippen LogP contribution in [0.2, 0.25) is 0 Å². The van der Waals surface area contributed by atoms with Crippen LogP contribution in [0.4, 0.5) is 0 Å². The Labute approximate surface area is 92.4 Å². The molecule has 0 aromatic heterocycles. The van der Waals surface area contributed by atoms with Crippen LogP contribution in [0.25, 0.3) is 0 Å². The Balaban J connectivity index is 2.61. The molecule has 1 fully saturated rings. The smallest absolute Gasteiger partial charge is 0.239 e. The Hall–Kier alpha value is -0.610. The lowest BCUT2D eigenvalue weighted by molar-refractivity contribution is -0.135. The number of nitrogens with zero attached hydrogens (tertiary/aromatic N) is 2. The molecular formula is C11H23N3O. The minimum absolute atomic E-state index is 0.0813. The van der Waals surface area contributed by atoms with Crippen molar-refractivity contribution >= 4 is 5.91 Å². The number of hydrogen-bond donors (Lipinski definition) is 1. The van der Waals surface area contributed by atoms with E-state index in [0.29, 0.717) is 6.04 Å². The minimum atomic E-state index is -0.378. The Bertz CT molecular complexity index is 218. The van der Waals surface area contributed by atoms with Crippen LogP contribution in [0.5, 0.6) is 0 Å². The number of nitrogens with two attached hydrogens (primary N) is 1. The second-order valence-electron chi connectivity index (χ2n) is 4.47. The summed E-state index contributed by atoms with van der Waals surface area (Å²) in [6, 6.07) is -0.0237. The first-order valence-corrected chi connectivity index (χ1v) is 5.80. The summed E-state index contributed by atoms with van der Waals surface area (Å²) in [5.41, 5.74) is 5.65. The predicted octanol–water partition coefficient (Wildman–Crippen LogP) is 0.276. The first kappa shape index (κ1) is 12.5. The molecule has 0 unspecified atom stereocenters. The summed E-state index contributed by atoms with van der Waals surface area (Å²) in [7, 11) is 2.11. The summed E-state index contributed by atoms with van der Waals surface area (Å²) < 4.78 is 0. The first-order valence-electron chi connectivity index (χ1n) is 5.80. The van der Waals surface area contributed by atoms with Crippen LogP contribution in [-0.2, 0) is 4.79 Å². The summed E-state index contributed by atoms with van der Waals surface area (Å²) in [4.78, 5) is 16.1. The molecule has 1 aliphatic rings. The van der Waals surface area contributed by atoms with Gasteiger partial charge >= 0.3 is 0 Å². The van der Waals surface area contributed by atoms with Crippen molar-refractivity contribution in [3.8, 4) is 0 Å². The lowest BCUT2D eigenvalue weighted by atomic mass is 10.0. The number of hydrogen-bond acceptors (Lipinski definition) is 3. The fourth-order valence-corrected chi connectivity index (χ4v) is 2.25. The van der Waals surface area contributed by atoms with Gasteiger partial charge in [-0.25, -0.2) is 0 Å². The third-order valence-corrected chi connectivity index (χ3v) is 3.05. The summed E-state index contributed by atoms with van der Waals surface area (Å²) in [5.74, 6) is 0.0813. The van der Waals surface area contributed by atoms with E-state index in [4.69, 9.17) is 5.73 Å². The van der Waals surface area contributed by atoms with E-state index < -0.39 is 0 Å². The van der Waals surface area contributed by atoms with Crippen LogP contribution in [0, 0.1) is 0 Å². The highest BCUT2D eigenvalue weighted by Crippen LogP contribution is 2.15. The Kier molecular flexibility index (Phi) is 4.54. The van der Waals surface area contributed by atoms with Gasteiger partial charge in [-0.15, -0.1) is 0 Å². The highest BCUT2D eigenvalue weighted by molar-refractivity contribution is 5.81. The zero-order valence-corrected chi connectivity index (χ0v) is 10.1. The molecule has 2 atom stereocenters.